The van der Waals surface area contributed by atoms with Crippen molar-refractivity contribution in [2.75, 3.05) is 10.2 Å². The van der Waals surface area contributed by atoms with Gasteiger partial charge >= 0.3 is 1.43 Å². The minimum atomic E-state index is 0. The Morgan fingerprint density at radius 2 is 1.67 bits per heavy atom. The zero-order valence-corrected chi connectivity index (χ0v) is 6.55. The van der Waals surface area contributed by atoms with Crippen LogP contribution in [0.1, 0.15) is 1.43 Å². The molecule has 0 atom stereocenters. The highest BCUT2D eigenvalue weighted by molar-refractivity contribution is 8.92. The lowest BCUT2D eigenvalue weighted by Gasteiger charge is -1.49. The number of thiol groups is 2. The van der Waals surface area contributed by atoms with E-state index in [4.69, 9.17) is 0 Å². The zero-order chi connectivity index (χ0) is 4.83. The second kappa shape index (κ2) is 6.40. The lowest BCUT2D eigenvalue weighted by molar-refractivity contribution is 2.37. The minimum absolute atomic E-state index is 0. The fraction of sp³-hybridized carbons (Fsp3) is 1.00. The molecule has 1 rings (SSSR count). The molecule has 0 unspecified atom stereocenters. The Hall–Kier alpha value is 1.40. The molecule has 4 heteroatoms. The molecular formula is C2H7S4+. The highest BCUT2D eigenvalue weighted by Gasteiger charge is 1.97. The van der Waals surface area contributed by atoms with E-state index in [1.165, 1.54) is 5.08 Å². The van der Waals surface area contributed by atoms with Gasteiger partial charge in [-0.15, -0.1) is 0 Å². The Kier molecular flexibility index (Phi) is 7.89. The van der Waals surface area contributed by atoms with Crippen LogP contribution in [0.2, 0.25) is 0 Å². The van der Waals surface area contributed by atoms with Gasteiger partial charge in [-0.05, 0) is 0 Å². The van der Waals surface area contributed by atoms with Crippen molar-refractivity contribution in [1.29, 1.82) is 0 Å². The standard InChI is InChI=1S/CH2S2.CH4S2/c1-2-3-1;2-1-3/h1H2;2-3H,1H2/p+1. The van der Waals surface area contributed by atoms with Gasteiger partial charge in [-0.3, -0.25) is 0 Å². The van der Waals surface area contributed by atoms with E-state index in [9.17, 15) is 0 Å². The molecule has 0 amide bonds. The smallest absolute Gasteiger partial charge is 0.169 e. The predicted molar refractivity (Wildman–Crippen MR) is 44.0 cm³/mol. The summed E-state index contributed by atoms with van der Waals surface area (Å²) in [4.78, 5) is 0. The van der Waals surface area contributed by atoms with Gasteiger partial charge in [-0.2, -0.15) is 25.3 Å². The SMILES string of the molecule is C1SS1.SCS.[H+]. The topological polar surface area (TPSA) is 0 Å². The van der Waals surface area contributed by atoms with E-state index in [1.54, 1.807) is 0 Å². The third kappa shape index (κ3) is 18.2. The van der Waals surface area contributed by atoms with E-state index >= 15 is 0 Å². The van der Waals surface area contributed by atoms with E-state index in [1.807, 2.05) is 21.6 Å². The van der Waals surface area contributed by atoms with Crippen LogP contribution in [0.4, 0.5) is 0 Å². The van der Waals surface area contributed by atoms with Crippen molar-refractivity contribution < 1.29 is 1.43 Å². The van der Waals surface area contributed by atoms with E-state index < -0.39 is 0 Å². The summed E-state index contributed by atoms with van der Waals surface area (Å²) >= 11 is 7.31. The summed E-state index contributed by atoms with van der Waals surface area (Å²) in [6.45, 7) is 0. The lowest BCUT2D eigenvalue weighted by atomic mass is 11.9. The fourth-order valence-corrected chi connectivity index (χ4v) is 0. The van der Waals surface area contributed by atoms with Gasteiger partial charge in [0, 0.05) is 5.08 Å². The Labute approximate surface area is 58.5 Å². The Morgan fingerprint density at radius 3 is 1.67 bits per heavy atom. The quantitative estimate of drug-likeness (QED) is 0.241. The van der Waals surface area contributed by atoms with Crippen molar-refractivity contribution in [3.8, 4) is 0 Å². The van der Waals surface area contributed by atoms with Crippen LogP contribution in [-0.4, -0.2) is 10.2 Å². The Balaban J connectivity index is 0. The van der Waals surface area contributed by atoms with Crippen molar-refractivity contribution in [3.05, 3.63) is 0 Å². The van der Waals surface area contributed by atoms with Gasteiger partial charge in [0.15, 0.2) is 0 Å². The van der Waals surface area contributed by atoms with Crippen molar-refractivity contribution in [1.82, 2.24) is 0 Å². The number of rotatable bonds is 0. The van der Waals surface area contributed by atoms with Crippen molar-refractivity contribution in [3.63, 3.8) is 0 Å². The molecule has 0 radical (unpaired) electrons. The van der Waals surface area contributed by atoms with Crippen molar-refractivity contribution in [2.24, 2.45) is 0 Å². The number of hydrogen-bond acceptors (Lipinski definition) is 4. The van der Waals surface area contributed by atoms with Crippen LogP contribution in [0.15, 0.2) is 0 Å². The first-order chi connectivity index (χ1) is 2.91. The fourth-order valence-electron chi connectivity index (χ4n) is 0. The summed E-state index contributed by atoms with van der Waals surface area (Å²) in [5, 5.41) is 1.97. The van der Waals surface area contributed by atoms with Crippen LogP contribution in [0.3, 0.4) is 0 Å². The first-order valence-corrected chi connectivity index (χ1v) is 5.13. The normalized spacial score (nSPS) is 15.0. The summed E-state index contributed by atoms with van der Waals surface area (Å²) in [5.41, 5.74) is 0. The average molecular weight is 159 g/mol. The molecule has 1 fully saturated rings. The molecule has 0 aromatic carbocycles. The largest absolute Gasteiger partial charge is 1.00 e. The first kappa shape index (κ1) is 7.40. The molecule has 6 heavy (non-hydrogen) atoms. The van der Waals surface area contributed by atoms with E-state index in [-0.39, 0.29) is 1.43 Å². The molecular weight excluding hydrogens is 152 g/mol. The number of hydrogen-bond donors (Lipinski definition) is 2. The third-order valence-electron chi connectivity index (χ3n) is 0.118. The van der Waals surface area contributed by atoms with Gasteiger partial charge in [0.05, 0.1) is 5.08 Å². The summed E-state index contributed by atoms with van der Waals surface area (Å²) in [6.07, 6.45) is 0. The molecule has 1 heterocycles. The molecule has 1 aliphatic heterocycles. The van der Waals surface area contributed by atoms with Crippen LogP contribution < -0.4 is 0 Å². The molecule has 0 N–H and O–H groups in total. The van der Waals surface area contributed by atoms with Crippen LogP contribution >= 0.6 is 46.8 Å². The molecule has 0 saturated carbocycles. The summed E-state index contributed by atoms with van der Waals surface area (Å²) in [5.74, 6) is 0. The molecule has 0 aliphatic carbocycles. The van der Waals surface area contributed by atoms with Crippen LogP contribution in [0.5, 0.6) is 0 Å². The van der Waals surface area contributed by atoms with E-state index in [2.05, 4.69) is 25.3 Å². The molecule has 0 bridgehead atoms. The van der Waals surface area contributed by atoms with Gasteiger partial charge in [-0.25, -0.2) is 0 Å². The zero-order valence-electron chi connectivity index (χ0n) is 4.13. The first-order valence-electron chi connectivity index (χ1n) is 1.38. The Bertz CT molecular complexity index is 20.9. The average Bonchev–Trinajstić information content (AvgIpc) is 2.11. The van der Waals surface area contributed by atoms with Gasteiger partial charge < -0.3 is 0 Å². The second-order valence-electron chi connectivity index (χ2n) is 0.495. The monoisotopic (exact) mass is 159 g/mol. The maximum absolute atomic E-state index is 3.65. The maximum atomic E-state index is 3.65. The minimum Gasteiger partial charge on any atom is -0.169 e. The van der Waals surface area contributed by atoms with Gasteiger partial charge in [0.25, 0.3) is 0 Å². The molecule has 38 valence electrons. The molecule has 0 nitrogen and oxygen atoms in total. The molecule has 1 aliphatic rings. The molecule has 0 spiro atoms. The van der Waals surface area contributed by atoms with E-state index in [0.29, 0.717) is 5.08 Å². The summed E-state index contributed by atoms with van der Waals surface area (Å²) in [6, 6.07) is 0. The highest BCUT2D eigenvalue weighted by Crippen LogP contribution is 2.41. The summed E-state index contributed by atoms with van der Waals surface area (Å²) in [7, 11) is 3.83. The molecule has 0 aromatic heterocycles. The molecule has 1 saturated heterocycles. The highest BCUT2D eigenvalue weighted by atomic mass is 33.2. The predicted octanol–water partition coefficient (Wildman–Crippen LogP) is 2.25. The van der Waals surface area contributed by atoms with Crippen LogP contribution in [-0.2, 0) is 0 Å². The van der Waals surface area contributed by atoms with Crippen LogP contribution in [0, 0.1) is 0 Å². The third-order valence-corrected chi connectivity index (χ3v) is 1.06. The van der Waals surface area contributed by atoms with E-state index in [0.717, 1.165) is 0 Å². The van der Waals surface area contributed by atoms with Crippen molar-refractivity contribution in [2.45, 2.75) is 0 Å². The second-order valence-corrected chi connectivity index (χ2v) is 4.45. The lowest BCUT2D eigenvalue weighted by Crippen LogP contribution is -1.25. The van der Waals surface area contributed by atoms with Gasteiger partial charge in [0.1, 0.15) is 0 Å². The Morgan fingerprint density at radius 1 is 1.50 bits per heavy atom. The van der Waals surface area contributed by atoms with Gasteiger partial charge in [0.2, 0.25) is 0 Å². The maximum Gasteiger partial charge on any atom is 1.00 e. The van der Waals surface area contributed by atoms with Crippen LogP contribution in [0.25, 0.3) is 0 Å². The van der Waals surface area contributed by atoms with Gasteiger partial charge in [-0.1, -0.05) is 21.6 Å². The molecule has 0 aromatic rings. The van der Waals surface area contributed by atoms with Crippen molar-refractivity contribution >= 4 is 46.8 Å². The summed E-state index contributed by atoms with van der Waals surface area (Å²) < 4.78 is 0.